The van der Waals surface area contributed by atoms with E-state index in [0.29, 0.717) is 19.5 Å². The largest absolute Gasteiger partial charge is 0.481 e. The molecular formula is C10H21N3O4. The molecule has 0 aliphatic rings. The molecule has 0 spiro atoms. The molecule has 0 aromatic heterocycles. The summed E-state index contributed by atoms with van der Waals surface area (Å²) in [5, 5.41) is 22.8. The van der Waals surface area contributed by atoms with Crippen molar-refractivity contribution in [1.29, 1.82) is 0 Å². The summed E-state index contributed by atoms with van der Waals surface area (Å²) in [5.41, 5.74) is 5.22. The smallest absolute Gasteiger partial charge is 0.320 e. The van der Waals surface area contributed by atoms with Gasteiger partial charge in [0.15, 0.2) is 0 Å². The van der Waals surface area contributed by atoms with Gasteiger partial charge in [0.05, 0.1) is 6.42 Å². The SMILES string of the molecule is NCN[C@@H](CCCCNCCC(=O)O)C(=O)O. The molecule has 17 heavy (non-hydrogen) atoms. The minimum atomic E-state index is -0.894. The van der Waals surface area contributed by atoms with Crippen LogP contribution < -0.4 is 16.4 Å². The van der Waals surface area contributed by atoms with Crippen molar-refractivity contribution < 1.29 is 19.8 Å². The molecular weight excluding hydrogens is 226 g/mol. The Kier molecular flexibility index (Phi) is 9.31. The fraction of sp³-hybridized carbons (Fsp3) is 0.800. The number of unbranched alkanes of at least 4 members (excludes halogenated alkanes) is 1. The molecule has 7 heteroatoms. The first-order valence-corrected chi connectivity index (χ1v) is 5.66. The lowest BCUT2D eigenvalue weighted by atomic mass is 10.1. The number of hydrogen-bond acceptors (Lipinski definition) is 5. The fourth-order valence-corrected chi connectivity index (χ4v) is 1.37. The van der Waals surface area contributed by atoms with Crippen molar-refractivity contribution in [1.82, 2.24) is 10.6 Å². The monoisotopic (exact) mass is 247 g/mol. The van der Waals surface area contributed by atoms with Crippen LogP contribution in [0.5, 0.6) is 0 Å². The van der Waals surface area contributed by atoms with E-state index in [-0.39, 0.29) is 13.1 Å². The van der Waals surface area contributed by atoms with E-state index in [0.717, 1.165) is 12.8 Å². The van der Waals surface area contributed by atoms with Gasteiger partial charge in [0.1, 0.15) is 6.04 Å². The zero-order valence-corrected chi connectivity index (χ0v) is 9.82. The number of nitrogens with two attached hydrogens (primary N) is 1. The lowest BCUT2D eigenvalue weighted by molar-refractivity contribution is -0.140. The lowest BCUT2D eigenvalue weighted by Crippen LogP contribution is -2.40. The summed E-state index contributed by atoms with van der Waals surface area (Å²) >= 11 is 0. The Morgan fingerprint density at radius 1 is 1.18 bits per heavy atom. The Morgan fingerprint density at radius 2 is 1.88 bits per heavy atom. The summed E-state index contributed by atoms with van der Waals surface area (Å²) in [6, 6.07) is -0.598. The Balaban J connectivity index is 3.42. The number of carbonyl (C=O) groups is 2. The molecule has 7 nitrogen and oxygen atoms in total. The minimum Gasteiger partial charge on any atom is -0.481 e. The Labute approximate surface area is 100 Å². The maximum absolute atomic E-state index is 10.7. The molecule has 0 aromatic carbocycles. The van der Waals surface area contributed by atoms with Gasteiger partial charge in [-0.3, -0.25) is 14.9 Å². The highest BCUT2D eigenvalue weighted by Gasteiger charge is 2.14. The van der Waals surface area contributed by atoms with Crippen molar-refractivity contribution in [2.45, 2.75) is 31.7 Å². The predicted octanol–water partition coefficient (Wildman–Crippen LogP) is -0.820. The van der Waals surface area contributed by atoms with Crippen LogP contribution in [0.4, 0.5) is 0 Å². The molecule has 0 aliphatic carbocycles. The highest BCUT2D eigenvalue weighted by Crippen LogP contribution is 2.00. The first-order valence-electron chi connectivity index (χ1n) is 5.66. The van der Waals surface area contributed by atoms with Crippen LogP contribution in [0.2, 0.25) is 0 Å². The van der Waals surface area contributed by atoms with Gasteiger partial charge in [0.25, 0.3) is 0 Å². The summed E-state index contributed by atoms with van der Waals surface area (Å²) < 4.78 is 0. The normalized spacial score (nSPS) is 12.3. The van der Waals surface area contributed by atoms with E-state index in [9.17, 15) is 9.59 Å². The Hall–Kier alpha value is -1.18. The first-order chi connectivity index (χ1) is 8.07. The van der Waals surface area contributed by atoms with Crippen LogP contribution in [0.1, 0.15) is 25.7 Å². The average Bonchev–Trinajstić information content (AvgIpc) is 2.25. The van der Waals surface area contributed by atoms with Gasteiger partial charge in [-0.05, 0) is 19.4 Å². The van der Waals surface area contributed by atoms with Crippen LogP contribution in [-0.4, -0.2) is 48.0 Å². The molecule has 100 valence electrons. The predicted molar refractivity (Wildman–Crippen MR) is 62.6 cm³/mol. The zero-order chi connectivity index (χ0) is 13.1. The van der Waals surface area contributed by atoms with Gasteiger partial charge < -0.3 is 21.3 Å². The van der Waals surface area contributed by atoms with Crippen LogP contribution in [0.3, 0.4) is 0 Å². The van der Waals surface area contributed by atoms with E-state index >= 15 is 0 Å². The van der Waals surface area contributed by atoms with Gasteiger partial charge in [0.2, 0.25) is 0 Å². The summed E-state index contributed by atoms with van der Waals surface area (Å²) in [6.07, 6.45) is 2.19. The van der Waals surface area contributed by atoms with Crippen LogP contribution in [-0.2, 0) is 9.59 Å². The van der Waals surface area contributed by atoms with Gasteiger partial charge in [0, 0.05) is 13.2 Å². The van der Waals surface area contributed by atoms with Gasteiger partial charge >= 0.3 is 11.9 Å². The van der Waals surface area contributed by atoms with Gasteiger partial charge in [-0.2, -0.15) is 0 Å². The third kappa shape index (κ3) is 9.73. The van der Waals surface area contributed by atoms with Crippen molar-refractivity contribution in [3.63, 3.8) is 0 Å². The molecule has 0 amide bonds. The quantitative estimate of drug-likeness (QED) is 0.238. The van der Waals surface area contributed by atoms with E-state index < -0.39 is 18.0 Å². The number of hydrogen-bond donors (Lipinski definition) is 5. The number of nitrogens with one attached hydrogen (secondary N) is 2. The molecule has 0 rings (SSSR count). The van der Waals surface area contributed by atoms with Crippen molar-refractivity contribution in [3.8, 4) is 0 Å². The fourth-order valence-electron chi connectivity index (χ4n) is 1.37. The molecule has 0 saturated carbocycles. The third-order valence-electron chi connectivity index (χ3n) is 2.27. The number of carboxylic acids is 2. The molecule has 0 aliphatic heterocycles. The molecule has 6 N–H and O–H groups in total. The first kappa shape index (κ1) is 15.8. The van der Waals surface area contributed by atoms with E-state index in [1.54, 1.807) is 0 Å². The number of rotatable bonds is 11. The molecule has 0 unspecified atom stereocenters. The second kappa shape index (κ2) is 10.0. The average molecular weight is 247 g/mol. The highest BCUT2D eigenvalue weighted by molar-refractivity contribution is 5.73. The second-order valence-electron chi connectivity index (χ2n) is 3.69. The van der Waals surface area contributed by atoms with Crippen LogP contribution in [0.15, 0.2) is 0 Å². The summed E-state index contributed by atoms with van der Waals surface area (Å²) in [4.78, 5) is 20.9. The minimum absolute atomic E-state index is 0.104. The van der Waals surface area contributed by atoms with E-state index in [2.05, 4.69) is 10.6 Å². The summed E-state index contributed by atoms with van der Waals surface area (Å²) in [6.45, 7) is 1.29. The van der Waals surface area contributed by atoms with Crippen LogP contribution >= 0.6 is 0 Å². The van der Waals surface area contributed by atoms with Crippen molar-refractivity contribution in [2.24, 2.45) is 5.73 Å². The zero-order valence-electron chi connectivity index (χ0n) is 9.82. The van der Waals surface area contributed by atoms with Gasteiger partial charge in [-0.15, -0.1) is 0 Å². The summed E-state index contributed by atoms with van der Waals surface area (Å²) in [5.74, 6) is -1.72. The molecule has 0 aromatic rings. The Morgan fingerprint density at radius 3 is 2.41 bits per heavy atom. The molecule has 1 atom stereocenters. The standard InChI is InChI=1S/C10H21N3O4/c11-7-13-8(10(16)17)3-1-2-5-12-6-4-9(14)15/h8,12-13H,1-7,11H2,(H,14,15)(H,16,17)/t8-/m0/s1. The van der Waals surface area contributed by atoms with Crippen LogP contribution in [0, 0.1) is 0 Å². The number of carboxylic acid groups (broad SMARTS) is 2. The topological polar surface area (TPSA) is 125 Å². The van der Waals surface area contributed by atoms with Crippen molar-refractivity contribution in [2.75, 3.05) is 19.8 Å². The molecule has 0 fully saturated rings. The second-order valence-corrected chi connectivity index (χ2v) is 3.69. The van der Waals surface area contributed by atoms with Crippen molar-refractivity contribution >= 4 is 11.9 Å². The third-order valence-corrected chi connectivity index (χ3v) is 2.27. The molecule has 0 bridgehead atoms. The summed E-state index contributed by atoms with van der Waals surface area (Å²) in [7, 11) is 0. The van der Waals surface area contributed by atoms with E-state index in [4.69, 9.17) is 15.9 Å². The molecule has 0 heterocycles. The maximum Gasteiger partial charge on any atom is 0.320 e. The van der Waals surface area contributed by atoms with E-state index in [1.807, 2.05) is 0 Å². The van der Waals surface area contributed by atoms with E-state index in [1.165, 1.54) is 0 Å². The van der Waals surface area contributed by atoms with Crippen molar-refractivity contribution in [3.05, 3.63) is 0 Å². The Bertz CT molecular complexity index is 236. The van der Waals surface area contributed by atoms with Gasteiger partial charge in [-0.25, -0.2) is 0 Å². The maximum atomic E-state index is 10.7. The number of aliphatic carboxylic acids is 2. The highest BCUT2D eigenvalue weighted by atomic mass is 16.4. The van der Waals surface area contributed by atoms with Crippen LogP contribution in [0.25, 0.3) is 0 Å². The molecule has 0 saturated heterocycles. The lowest BCUT2D eigenvalue weighted by Gasteiger charge is -2.12. The molecule has 0 radical (unpaired) electrons. The van der Waals surface area contributed by atoms with Gasteiger partial charge in [-0.1, -0.05) is 6.42 Å².